The van der Waals surface area contributed by atoms with Gasteiger partial charge in [-0.15, -0.1) is 0 Å². The molecule has 1 saturated carbocycles. The molecule has 0 aliphatic heterocycles. The van der Waals surface area contributed by atoms with Crippen LogP contribution in [0.25, 0.3) is 5.69 Å². The van der Waals surface area contributed by atoms with Crippen molar-refractivity contribution in [3.05, 3.63) is 72.4 Å². The number of rotatable bonds is 4. The molecule has 2 aliphatic rings. The molecule has 0 radical (unpaired) electrons. The Morgan fingerprint density at radius 3 is 2.44 bits per heavy atom. The van der Waals surface area contributed by atoms with E-state index in [2.05, 4.69) is 52.3 Å². The number of allylic oxidation sites excluding steroid dienone is 4. The van der Waals surface area contributed by atoms with Gasteiger partial charge < -0.3 is 9.88 Å². The Kier molecular flexibility index (Phi) is 7.46. The first-order chi connectivity index (χ1) is 13.3. The third-order valence-corrected chi connectivity index (χ3v) is 5.69. The monoisotopic (exact) mass is 363 g/mol. The quantitative estimate of drug-likeness (QED) is 0.780. The van der Waals surface area contributed by atoms with Crippen LogP contribution in [-0.2, 0) is 0 Å². The van der Waals surface area contributed by atoms with E-state index in [1.807, 2.05) is 37.5 Å². The summed E-state index contributed by atoms with van der Waals surface area (Å²) in [6.45, 7) is 3.20. The Morgan fingerprint density at radius 2 is 1.85 bits per heavy atom. The summed E-state index contributed by atoms with van der Waals surface area (Å²) in [7, 11) is 2.07. The van der Waals surface area contributed by atoms with Crippen LogP contribution in [-0.4, -0.2) is 23.1 Å². The summed E-state index contributed by atoms with van der Waals surface area (Å²) in [6.07, 6.45) is 19.1. The van der Waals surface area contributed by atoms with E-state index in [1.54, 1.807) is 5.57 Å². The molecule has 0 bridgehead atoms. The van der Waals surface area contributed by atoms with Crippen LogP contribution in [0.1, 0.15) is 44.3 Å². The van der Waals surface area contributed by atoms with E-state index in [0.29, 0.717) is 0 Å². The molecule has 1 fully saturated rings. The smallest absolute Gasteiger partial charge is 0.110 e. The van der Waals surface area contributed by atoms with Gasteiger partial charge in [-0.05, 0) is 88.6 Å². The summed E-state index contributed by atoms with van der Waals surface area (Å²) in [5.41, 5.74) is 2.79. The molecule has 1 N–H and O–H groups in total. The average molecular weight is 364 g/mol. The minimum Gasteiger partial charge on any atom is -0.319 e. The molecule has 0 unspecified atom stereocenters. The van der Waals surface area contributed by atoms with Gasteiger partial charge in [0.25, 0.3) is 0 Å². The number of para-hydroxylation sites is 1. The van der Waals surface area contributed by atoms with E-state index in [-0.39, 0.29) is 0 Å². The lowest BCUT2D eigenvalue weighted by atomic mass is 9.77. The van der Waals surface area contributed by atoms with Crippen molar-refractivity contribution in [1.29, 1.82) is 0 Å². The molecule has 2 aromatic rings. The lowest BCUT2D eigenvalue weighted by Gasteiger charge is -2.29. The van der Waals surface area contributed by atoms with Crippen molar-refractivity contribution in [2.24, 2.45) is 11.8 Å². The van der Waals surface area contributed by atoms with Crippen LogP contribution in [0.3, 0.4) is 0 Å². The Balaban J connectivity index is 0.000000159. The third-order valence-electron chi connectivity index (χ3n) is 5.69. The molecule has 3 heteroatoms. The zero-order valence-corrected chi connectivity index (χ0v) is 16.8. The van der Waals surface area contributed by atoms with Gasteiger partial charge in [-0.1, -0.05) is 36.4 Å². The van der Waals surface area contributed by atoms with Gasteiger partial charge in [-0.3, -0.25) is 0 Å². The van der Waals surface area contributed by atoms with E-state index in [1.165, 1.54) is 45.1 Å². The van der Waals surface area contributed by atoms with Crippen molar-refractivity contribution in [3.8, 4) is 5.69 Å². The van der Waals surface area contributed by atoms with Gasteiger partial charge in [-0.2, -0.15) is 0 Å². The molecule has 1 aromatic heterocycles. The molecule has 0 atom stereocenters. The van der Waals surface area contributed by atoms with Crippen LogP contribution in [0.5, 0.6) is 0 Å². The van der Waals surface area contributed by atoms with Gasteiger partial charge in [0.15, 0.2) is 0 Å². The lowest BCUT2D eigenvalue weighted by Crippen LogP contribution is -2.24. The fourth-order valence-corrected chi connectivity index (χ4v) is 4.16. The van der Waals surface area contributed by atoms with Crippen LogP contribution < -0.4 is 5.32 Å². The molecule has 144 valence electrons. The van der Waals surface area contributed by atoms with Gasteiger partial charge in [0.05, 0.1) is 0 Å². The van der Waals surface area contributed by atoms with Crippen LogP contribution in [0, 0.1) is 18.8 Å². The number of benzene rings is 1. The number of hydrogen-bond donors (Lipinski definition) is 1. The highest BCUT2D eigenvalue weighted by Gasteiger charge is 2.22. The molecule has 2 aliphatic carbocycles. The maximum absolute atomic E-state index is 4.16. The summed E-state index contributed by atoms with van der Waals surface area (Å²) < 4.78 is 2.06. The number of hydrogen-bond acceptors (Lipinski definition) is 2. The highest BCUT2D eigenvalue weighted by atomic mass is 15.1. The zero-order valence-electron chi connectivity index (χ0n) is 16.8. The minimum atomic E-state index is 0.870. The molecule has 1 heterocycles. The van der Waals surface area contributed by atoms with E-state index < -0.39 is 0 Å². The van der Waals surface area contributed by atoms with Crippen LogP contribution >= 0.6 is 0 Å². The maximum Gasteiger partial charge on any atom is 0.110 e. The van der Waals surface area contributed by atoms with Crippen LogP contribution in [0.15, 0.2) is 66.5 Å². The molecule has 4 rings (SSSR count). The van der Waals surface area contributed by atoms with E-state index in [0.717, 1.165) is 23.3 Å². The second-order valence-corrected chi connectivity index (χ2v) is 7.64. The first-order valence-electron chi connectivity index (χ1n) is 10.3. The van der Waals surface area contributed by atoms with Crippen molar-refractivity contribution < 1.29 is 0 Å². The Labute approximate surface area is 164 Å². The highest BCUT2D eigenvalue weighted by molar-refractivity contribution is 5.32. The largest absolute Gasteiger partial charge is 0.319 e. The zero-order chi connectivity index (χ0) is 18.9. The highest BCUT2D eigenvalue weighted by Crippen LogP contribution is 2.34. The van der Waals surface area contributed by atoms with Gasteiger partial charge in [0.1, 0.15) is 5.82 Å². The Hall–Kier alpha value is -2.13. The van der Waals surface area contributed by atoms with E-state index in [4.69, 9.17) is 0 Å². The molecule has 0 spiro atoms. The Morgan fingerprint density at radius 1 is 1.07 bits per heavy atom. The van der Waals surface area contributed by atoms with E-state index >= 15 is 0 Å². The standard InChI is InChI=1S/C14H23N.C10H10N2/c1-15-11-12-7-9-14(10-8-12)13-5-3-2-4-6-13;1-9-11-7-8-12(9)10-5-3-2-4-6-10/h3,5-6,12,14-15H,2,4,7-11H2,1H3;2-8H,1H3. The first kappa shape index (κ1) is 19.6. The summed E-state index contributed by atoms with van der Waals surface area (Å²) in [6, 6.07) is 10.2. The predicted octanol–water partition coefficient (Wildman–Crippen LogP) is 5.47. The number of nitrogens with zero attached hydrogens (tertiary/aromatic N) is 2. The molecular weight excluding hydrogens is 330 g/mol. The van der Waals surface area contributed by atoms with Gasteiger partial charge in [0, 0.05) is 18.1 Å². The molecule has 3 nitrogen and oxygen atoms in total. The second kappa shape index (κ2) is 10.3. The van der Waals surface area contributed by atoms with Gasteiger partial charge >= 0.3 is 0 Å². The van der Waals surface area contributed by atoms with Gasteiger partial charge in [0.2, 0.25) is 0 Å². The molecule has 0 saturated heterocycles. The summed E-state index contributed by atoms with van der Waals surface area (Å²) in [5.74, 6) is 2.82. The predicted molar refractivity (Wildman–Crippen MR) is 114 cm³/mol. The van der Waals surface area contributed by atoms with Crippen molar-refractivity contribution in [3.63, 3.8) is 0 Å². The second-order valence-electron chi connectivity index (χ2n) is 7.64. The fourth-order valence-electron chi connectivity index (χ4n) is 4.16. The lowest BCUT2D eigenvalue weighted by molar-refractivity contribution is 0.299. The topological polar surface area (TPSA) is 29.9 Å². The van der Waals surface area contributed by atoms with Crippen LogP contribution in [0.4, 0.5) is 0 Å². The average Bonchev–Trinajstić information content (AvgIpc) is 3.17. The number of nitrogens with one attached hydrogen (secondary N) is 1. The first-order valence-corrected chi connectivity index (χ1v) is 10.3. The number of aryl methyl sites for hydroxylation is 1. The minimum absolute atomic E-state index is 0.870. The number of aromatic nitrogens is 2. The molecular formula is C24H33N3. The third kappa shape index (κ3) is 5.67. The van der Waals surface area contributed by atoms with Crippen molar-refractivity contribution in [1.82, 2.24) is 14.9 Å². The normalized spacial score (nSPS) is 21.9. The summed E-state index contributed by atoms with van der Waals surface area (Å²) in [4.78, 5) is 4.16. The van der Waals surface area contributed by atoms with E-state index in [9.17, 15) is 0 Å². The molecule has 27 heavy (non-hydrogen) atoms. The molecule has 1 aromatic carbocycles. The SMILES string of the molecule is CNCC1CCC(C2=CCCC=C2)CC1.Cc1nccn1-c1ccccc1. The molecule has 0 amide bonds. The maximum atomic E-state index is 4.16. The van der Waals surface area contributed by atoms with Gasteiger partial charge in [-0.25, -0.2) is 4.98 Å². The Bertz CT molecular complexity index is 734. The fraction of sp³-hybridized carbons (Fsp3) is 0.458. The van der Waals surface area contributed by atoms with Crippen molar-refractivity contribution in [2.45, 2.75) is 45.4 Å². The van der Waals surface area contributed by atoms with Crippen LogP contribution in [0.2, 0.25) is 0 Å². The van der Waals surface area contributed by atoms with Crippen molar-refractivity contribution >= 4 is 0 Å². The summed E-state index contributed by atoms with van der Waals surface area (Å²) in [5, 5.41) is 3.30. The van der Waals surface area contributed by atoms with Crippen molar-refractivity contribution in [2.75, 3.05) is 13.6 Å². The number of imidazole rings is 1. The summed E-state index contributed by atoms with van der Waals surface area (Å²) >= 11 is 0.